The normalized spacial score (nSPS) is 11.7. The number of hydrogen-bond acceptors (Lipinski definition) is 1. The first-order valence-electron chi connectivity index (χ1n) is 3.24. The van der Waals surface area contributed by atoms with Crippen LogP contribution in [0.5, 0.6) is 0 Å². The maximum absolute atomic E-state index is 12.2. The first-order chi connectivity index (χ1) is 5.82. The topological polar surface area (TPSA) is 26.0 Å². The average molecular weight is 205 g/mol. The molecule has 1 rings (SSSR count). The summed E-state index contributed by atoms with van der Waals surface area (Å²) in [6, 6.07) is 2.04. The van der Waals surface area contributed by atoms with Crippen molar-refractivity contribution in [1.82, 2.24) is 0 Å². The predicted molar refractivity (Wildman–Crippen MR) is 46.3 cm³/mol. The Hall–Kier alpha value is -0.835. The lowest BCUT2D eigenvalue weighted by Crippen LogP contribution is -2.21. The van der Waals surface area contributed by atoms with E-state index in [9.17, 15) is 13.2 Å². The van der Waals surface area contributed by atoms with E-state index in [4.69, 9.17) is 25.2 Å². The highest BCUT2D eigenvalue weighted by atomic mass is 35.5. The quantitative estimate of drug-likeness (QED) is 0.507. The first-order valence-corrected chi connectivity index (χ1v) is 3.62. The van der Waals surface area contributed by atoms with Crippen molar-refractivity contribution in [2.45, 2.75) is 6.18 Å². The molecule has 1 aromatic carbocycles. The van der Waals surface area contributed by atoms with Crippen LogP contribution in [0.1, 0.15) is 5.56 Å². The molecule has 0 bridgehead atoms. The summed E-state index contributed by atoms with van der Waals surface area (Å²) in [6.45, 7) is 0. The number of benzene rings is 1. The molecule has 0 aromatic heterocycles. The second kappa shape index (κ2) is 3.14. The van der Waals surface area contributed by atoms with Crippen molar-refractivity contribution in [1.29, 1.82) is 0 Å². The second-order valence-electron chi connectivity index (χ2n) is 2.46. The van der Waals surface area contributed by atoms with Gasteiger partial charge in [0.05, 0.1) is 10.6 Å². The van der Waals surface area contributed by atoms with E-state index in [1.54, 1.807) is 0 Å². The van der Waals surface area contributed by atoms with Crippen LogP contribution < -0.4 is 11.2 Å². The zero-order valence-corrected chi connectivity index (χ0v) is 7.08. The maximum atomic E-state index is 12.2. The van der Waals surface area contributed by atoms with Crippen LogP contribution in [-0.2, 0) is 6.18 Å². The average Bonchev–Trinajstić information content (AvgIpc) is 1.78. The molecule has 2 radical (unpaired) electrons. The number of halogens is 4. The molecule has 2 N–H and O–H groups in total. The third kappa shape index (κ3) is 2.09. The summed E-state index contributed by atoms with van der Waals surface area (Å²) < 4.78 is 36.7. The molecule has 0 heterocycles. The van der Waals surface area contributed by atoms with Gasteiger partial charge in [0.25, 0.3) is 0 Å². The van der Waals surface area contributed by atoms with Gasteiger partial charge in [-0.05, 0) is 12.1 Å². The number of nitrogen functional groups attached to an aromatic ring is 1. The number of nitrogens with two attached hydrogens (primary N) is 1. The Labute approximate surface area is 79.1 Å². The second-order valence-corrected chi connectivity index (χ2v) is 2.87. The summed E-state index contributed by atoms with van der Waals surface area (Å²) in [5.41, 5.74) is 3.85. The monoisotopic (exact) mass is 205 g/mol. The molecule has 6 heteroatoms. The molecule has 0 fully saturated rings. The lowest BCUT2D eigenvalue weighted by Gasteiger charge is -2.12. The standard InChI is InChI=1S/C7H4BClF3N/c8-4-1-3(13)2-5(9)6(4)7(10,11)12/h1-2H,13H2. The Kier molecular flexibility index (Phi) is 2.48. The van der Waals surface area contributed by atoms with Crippen LogP contribution in [0.3, 0.4) is 0 Å². The molecule has 0 unspecified atom stereocenters. The van der Waals surface area contributed by atoms with Gasteiger partial charge in [0.15, 0.2) is 0 Å². The Morgan fingerprint density at radius 3 is 2.23 bits per heavy atom. The van der Waals surface area contributed by atoms with Crippen LogP contribution in [0.2, 0.25) is 5.02 Å². The van der Waals surface area contributed by atoms with Crippen molar-refractivity contribution in [3.63, 3.8) is 0 Å². The highest BCUT2D eigenvalue weighted by Gasteiger charge is 2.34. The fourth-order valence-electron chi connectivity index (χ4n) is 0.949. The molecule has 1 nitrogen and oxygen atoms in total. The lowest BCUT2D eigenvalue weighted by atomic mass is 9.89. The summed E-state index contributed by atoms with van der Waals surface area (Å²) in [7, 11) is 5.12. The molecule has 0 amide bonds. The van der Waals surface area contributed by atoms with Crippen molar-refractivity contribution in [2.24, 2.45) is 0 Å². The molecule has 13 heavy (non-hydrogen) atoms. The van der Waals surface area contributed by atoms with Crippen LogP contribution in [0.4, 0.5) is 18.9 Å². The molecule has 0 aliphatic heterocycles. The number of alkyl halides is 3. The van der Waals surface area contributed by atoms with Gasteiger partial charge in [-0.2, -0.15) is 13.2 Å². The number of anilines is 1. The van der Waals surface area contributed by atoms with E-state index in [1.807, 2.05) is 0 Å². The van der Waals surface area contributed by atoms with Crippen LogP contribution in [0.15, 0.2) is 12.1 Å². The molecular formula is C7H4BClF3N. The summed E-state index contributed by atoms with van der Waals surface area (Å²) in [4.78, 5) is 0. The fraction of sp³-hybridized carbons (Fsp3) is 0.143. The van der Waals surface area contributed by atoms with E-state index in [1.165, 1.54) is 0 Å². The highest BCUT2D eigenvalue weighted by molar-refractivity contribution is 6.38. The van der Waals surface area contributed by atoms with Crippen LogP contribution in [-0.4, -0.2) is 7.85 Å². The third-order valence-corrected chi connectivity index (χ3v) is 1.72. The number of rotatable bonds is 0. The van der Waals surface area contributed by atoms with Gasteiger partial charge < -0.3 is 5.73 Å². The first kappa shape index (κ1) is 10.2. The zero-order chi connectivity index (χ0) is 10.2. The summed E-state index contributed by atoms with van der Waals surface area (Å²) in [5.74, 6) is 0. The van der Waals surface area contributed by atoms with Crippen molar-refractivity contribution >= 4 is 30.6 Å². The molecular weight excluding hydrogens is 201 g/mol. The van der Waals surface area contributed by atoms with Crippen LogP contribution >= 0.6 is 11.6 Å². The summed E-state index contributed by atoms with van der Waals surface area (Å²) >= 11 is 5.34. The third-order valence-electron chi connectivity index (χ3n) is 1.43. The summed E-state index contributed by atoms with van der Waals surface area (Å²) in [6.07, 6.45) is -4.55. The minimum Gasteiger partial charge on any atom is -0.399 e. The van der Waals surface area contributed by atoms with Crippen molar-refractivity contribution < 1.29 is 13.2 Å². The van der Waals surface area contributed by atoms with Gasteiger partial charge in [0, 0.05) is 5.69 Å². The van der Waals surface area contributed by atoms with Crippen molar-refractivity contribution in [2.75, 3.05) is 5.73 Å². The van der Waals surface area contributed by atoms with Gasteiger partial charge >= 0.3 is 6.18 Å². The Balaban J connectivity index is 3.38. The minimum atomic E-state index is -4.55. The van der Waals surface area contributed by atoms with E-state index in [0.29, 0.717) is 0 Å². The molecule has 68 valence electrons. The SMILES string of the molecule is [B]c1cc(N)cc(Cl)c1C(F)(F)F. The number of hydrogen-bond donors (Lipinski definition) is 1. The summed E-state index contributed by atoms with van der Waals surface area (Å²) in [5, 5.41) is -0.481. The van der Waals surface area contributed by atoms with E-state index >= 15 is 0 Å². The minimum absolute atomic E-state index is 0.107. The lowest BCUT2D eigenvalue weighted by molar-refractivity contribution is -0.136. The van der Waals surface area contributed by atoms with E-state index in [-0.39, 0.29) is 5.69 Å². The Bertz CT molecular complexity index is 314. The van der Waals surface area contributed by atoms with Crippen LogP contribution in [0.25, 0.3) is 0 Å². The van der Waals surface area contributed by atoms with Gasteiger partial charge in [0.1, 0.15) is 7.85 Å². The zero-order valence-electron chi connectivity index (χ0n) is 6.32. The van der Waals surface area contributed by atoms with Gasteiger partial charge in [-0.25, -0.2) is 0 Å². The van der Waals surface area contributed by atoms with Gasteiger partial charge in [-0.15, -0.1) is 0 Å². The van der Waals surface area contributed by atoms with Gasteiger partial charge in [0.2, 0.25) is 0 Å². The van der Waals surface area contributed by atoms with Gasteiger partial charge in [-0.3, -0.25) is 0 Å². The molecule has 0 saturated carbocycles. The smallest absolute Gasteiger partial charge is 0.399 e. The molecule has 0 aliphatic carbocycles. The van der Waals surface area contributed by atoms with E-state index < -0.39 is 22.2 Å². The highest BCUT2D eigenvalue weighted by Crippen LogP contribution is 2.33. The molecule has 0 spiro atoms. The molecule has 0 aliphatic rings. The Morgan fingerprint density at radius 2 is 1.85 bits per heavy atom. The van der Waals surface area contributed by atoms with Crippen molar-refractivity contribution in [3.05, 3.63) is 22.7 Å². The Morgan fingerprint density at radius 1 is 1.31 bits per heavy atom. The maximum Gasteiger partial charge on any atom is 0.417 e. The van der Waals surface area contributed by atoms with Gasteiger partial charge in [-0.1, -0.05) is 17.1 Å². The van der Waals surface area contributed by atoms with E-state index in [0.717, 1.165) is 12.1 Å². The van der Waals surface area contributed by atoms with Crippen molar-refractivity contribution in [3.8, 4) is 0 Å². The van der Waals surface area contributed by atoms with E-state index in [2.05, 4.69) is 0 Å². The fourth-order valence-corrected chi connectivity index (χ4v) is 1.29. The predicted octanol–water partition coefficient (Wildman–Crippen LogP) is 1.73. The molecule has 1 aromatic rings. The molecule has 0 saturated heterocycles. The van der Waals surface area contributed by atoms with Crippen LogP contribution in [0, 0.1) is 0 Å². The molecule has 0 atom stereocenters. The largest absolute Gasteiger partial charge is 0.417 e.